The number of methoxy groups -OCH3 is 1. The van der Waals surface area contributed by atoms with Crippen molar-refractivity contribution in [1.29, 1.82) is 0 Å². The molecule has 2 aromatic rings. The van der Waals surface area contributed by atoms with Crippen LogP contribution in [0.5, 0.6) is 5.75 Å². The summed E-state index contributed by atoms with van der Waals surface area (Å²) in [5.74, 6) is 1.82. The van der Waals surface area contributed by atoms with Crippen LogP contribution < -0.4 is 10.1 Å². The Morgan fingerprint density at radius 2 is 2.04 bits per heavy atom. The summed E-state index contributed by atoms with van der Waals surface area (Å²) < 4.78 is 7.52. The third-order valence-corrected chi connectivity index (χ3v) is 6.06. The van der Waals surface area contributed by atoms with Crippen LogP contribution in [0.15, 0.2) is 29.4 Å². The number of carbonyl (C=O) groups is 1. The van der Waals surface area contributed by atoms with Crippen molar-refractivity contribution in [3.63, 3.8) is 0 Å². The average molecular weight is 375 g/mol. The van der Waals surface area contributed by atoms with E-state index >= 15 is 0 Å². The zero-order chi connectivity index (χ0) is 18.5. The number of fused-ring (bicyclic) bond motifs is 1. The number of benzene rings is 1. The predicted molar refractivity (Wildman–Crippen MR) is 104 cm³/mol. The Bertz CT molecular complexity index is 760. The lowest BCUT2D eigenvalue weighted by molar-refractivity contribution is -0.116. The van der Waals surface area contributed by atoms with Crippen molar-refractivity contribution in [2.75, 3.05) is 12.4 Å². The zero-order valence-electron chi connectivity index (χ0n) is 15.6. The molecule has 6 nitrogen and oxygen atoms in total. The van der Waals surface area contributed by atoms with Crippen LogP contribution in [0.1, 0.15) is 38.9 Å². The fourth-order valence-corrected chi connectivity index (χ4v) is 4.18. The molecular weight excluding hydrogens is 348 g/mol. The van der Waals surface area contributed by atoms with Crippen molar-refractivity contribution in [1.82, 2.24) is 14.8 Å². The molecule has 0 radical (unpaired) electrons. The summed E-state index contributed by atoms with van der Waals surface area (Å²) in [4.78, 5) is 12.9. The Balaban J connectivity index is 1.77. The number of hydrogen-bond donors (Lipinski definition) is 1. The van der Waals surface area contributed by atoms with E-state index in [1.807, 2.05) is 24.3 Å². The average Bonchev–Trinajstić information content (AvgIpc) is 2.85. The van der Waals surface area contributed by atoms with E-state index < -0.39 is 0 Å². The molecule has 0 bridgehead atoms. The highest BCUT2D eigenvalue weighted by atomic mass is 32.2. The minimum Gasteiger partial charge on any atom is -0.495 e. The summed E-state index contributed by atoms with van der Waals surface area (Å²) in [7, 11) is 1.60. The van der Waals surface area contributed by atoms with Crippen LogP contribution in [0.3, 0.4) is 0 Å². The molecule has 1 aromatic carbocycles. The number of carbonyl (C=O) groups excluding carboxylic acids is 1. The Hall–Kier alpha value is -2.02. The van der Waals surface area contributed by atoms with Gasteiger partial charge < -0.3 is 14.6 Å². The molecule has 0 unspecified atom stereocenters. The Morgan fingerprint density at radius 1 is 1.23 bits per heavy atom. The number of hydrogen-bond acceptors (Lipinski definition) is 5. The van der Waals surface area contributed by atoms with Gasteiger partial charge in [0.1, 0.15) is 11.6 Å². The molecule has 140 valence electrons. The van der Waals surface area contributed by atoms with Crippen molar-refractivity contribution in [3.05, 3.63) is 30.1 Å². The highest BCUT2D eigenvalue weighted by molar-refractivity contribution is 8.00. The molecule has 0 aliphatic carbocycles. The number of nitrogens with one attached hydrogen (secondary N) is 1. The molecule has 1 N–H and O–H groups in total. The molecule has 26 heavy (non-hydrogen) atoms. The molecule has 0 saturated heterocycles. The van der Waals surface area contributed by atoms with Crippen molar-refractivity contribution >= 4 is 23.4 Å². The molecule has 7 heteroatoms. The molecule has 1 atom stereocenters. The number of ether oxygens (including phenoxy) is 1. The summed E-state index contributed by atoms with van der Waals surface area (Å²) >= 11 is 1.50. The van der Waals surface area contributed by atoms with Gasteiger partial charge in [-0.25, -0.2) is 0 Å². The molecular formula is C19H26N4O2S. The quantitative estimate of drug-likeness (QED) is 0.780. The first-order chi connectivity index (χ1) is 12.6. The number of anilines is 1. The molecule has 1 aliphatic heterocycles. The monoisotopic (exact) mass is 374 g/mol. The van der Waals surface area contributed by atoms with Crippen LogP contribution in [0, 0.1) is 5.92 Å². The summed E-state index contributed by atoms with van der Waals surface area (Å²) in [6, 6.07) is 7.45. The van der Waals surface area contributed by atoms with Gasteiger partial charge >= 0.3 is 0 Å². The molecule has 1 aliphatic rings. The van der Waals surface area contributed by atoms with Crippen LogP contribution in [-0.4, -0.2) is 33.0 Å². The van der Waals surface area contributed by atoms with Crippen LogP contribution in [0.25, 0.3) is 0 Å². The van der Waals surface area contributed by atoms with E-state index in [1.165, 1.54) is 18.2 Å². The number of rotatable bonds is 6. The van der Waals surface area contributed by atoms with Gasteiger partial charge in [0.2, 0.25) is 5.91 Å². The minimum absolute atomic E-state index is 0.0412. The van der Waals surface area contributed by atoms with E-state index in [9.17, 15) is 4.79 Å². The number of nitrogens with zero attached hydrogens (tertiary/aromatic N) is 3. The number of amides is 1. The summed E-state index contributed by atoms with van der Waals surface area (Å²) in [6.45, 7) is 5.04. The lowest BCUT2D eigenvalue weighted by atomic mass is 10.1. The Kier molecular flexibility index (Phi) is 6.19. The topological polar surface area (TPSA) is 69.0 Å². The van der Waals surface area contributed by atoms with E-state index in [1.54, 1.807) is 7.11 Å². The second kappa shape index (κ2) is 8.58. The maximum atomic E-state index is 12.9. The standard InChI is InChI=1S/C19H26N4O2S/c1-13(2)17(18(24)20-14-9-6-7-10-15(14)25-3)26-19-22-21-16-11-5-4-8-12-23(16)19/h6-7,9-10,13,17H,4-5,8,11-12H2,1-3H3,(H,20,24)/t17-/m0/s1. The second-order valence-electron chi connectivity index (χ2n) is 6.83. The fraction of sp³-hybridized carbons (Fsp3) is 0.526. The number of para-hydroxylation sites is 2. The molecule has 1 aromatic heterocycles. The minimum atomic E-state index is -0.253. The zero-order valence-corrected chi connectivity index (χ0v) is 16.4. The maximum absolute atomic E-state index is 12.9. The van der Waals surface area contributed by atoms with Gasteiger partial charge in [0, 0.05) is 13.0 Å². The van der Waals surface area contributed by atoms with Crippen molar-refractivity contribution in [2.45, 2.75) is 56.5 Å². The summed E-state index contributed by atoms with van der Waals surface area (Å²) in [5, 5.41) is 12.3. The van der Waals surface area contributed by atoms with E-state index in [0.717, 1.165) is 36.8 Å². The van der Waals surface area contributed by atoms with E-state index in [4.69, 9.17) is 4.74 Å². The first-order valence-electron chi connectivity index (χ1n) is 9.12. The number of thioether (sulfide) groups is 1. The largest absolute Gasteiger partial charge is 0.495 e. The Morgan fingerprint density at radius 3 is 2.81 bits per heavy atom. The number of aromatic nitrogens is 3. The predicted octanol–water partition coefficient (Wildman–Crippen LogP) is 3.77. The lowest BCUT2D eigenvalue weighted by Gasteiger charge is -2.20. The molecule has 3 rings (SSSR count). The summed E-state index contributed by atoms with van der Waals surface area (Å²) in [6.07, 6.45) is 4.48. The third-order valence-electron chi connectivity index (χ3n) is 4.54. The summed E-state index contributed by atoms with van der Waals surface area (Å²) in [5.41, 5.74) is 0.686. The highest BCUT2D eigenvalue weighted by Gasteiger charge is 2.27. The molecule has 0 spiro atoms. The van der Waals surface area contributed by atoms with Gasteiger partial charge in [-0.2, -0.15) is 0 Å². The van der Waals surface area contributed by atoms with Gasteiger partial charge in [0.15, 0.2) is 5.16 Å². The smallest absolute Gasteiger partial charge is 0.238 e. The van der Waals surface area contributed by atoms with Crippen molar-refractivity contribution in [2.24, 2.45) is 5.92 Å². The SMILES string of the molecule is COc1ccccc1NC(=O)[C@@H](Sc1nnc2n1CCCCC2)C(C)C. The van der Waals surface area contributed by atoms with Crippen LogP contribution in [0.2, 0.25) is 0 Å². The maximum Gasteiger partial charge on any atom is 0.238 e. The molecule has 2 heterocycles. The van der Waals surface area contributed by atoms with Crippen LogP contribution in [-0.2, 0) is 17.8 Å². The van der Waals surface area contributed by atoms with Gasteiger partial charge in [0.05, 0.1) is 18.0 Å². The van der Waals surface area contributed by atoms with E-state index in [0.29, 0.717) is 11.4 Å². The highest BCUT2D eigenvalue weighted by Crippen LogP contribution is 2.31. The van der Waals surface area contributed by atoms with Gasteiger partial charge in [-0.1, -0.05) is 44.2 Å². The van der Waals surface area contributed by atoms with E-state index in [2.05, 4.69) is 33.9 Å². The van der Waals surface area contributed by atoms with Gasteiger partial charge in [-0.05, 0) is 30.9 Å². The van der Waals surface area contributed by atoms with Gasteiger partial charge in [-0.3, -0.25) is 4.79 Å². The fourth-order valence-electron chi connectivity index (χ4n) is 3.10. The first-order valence-corrected chi connectivity index (χ1v) is 10.0. The van der Waals surface area contributed by atoms with Crippen LogP contribution >= 0.6 is 11.8 Å². The normalized spacial score (nSPS) is 15.2. The first kappa shape index (κ1) is 18.8. The van der Waals surface area contributed by atoms with Crippen LogP contribution in [0.4, 0.5) is 5.69 Å². The number of aryl methyl sites for hydroxylation is 1. The molecule has 0 fully saturated rings. The van der Waals surface area contributed by atoms with Crippen molar-refractivity contribution in [3.8, 4) is 5.75 Å². The van der Waals surface area contributed by atoms with E-state index in [-0.39, 0.29) is 17.1 Å². The molecule has 1 amide bonds. The lowest BCUT2D eigenvalue weighted by Crippen LogP contribution is -2.30. The Labute approximate surface area is 158 Å². The van der Waals surface area contributed by atoms with Gasteiger partial charge in [-0.15, -0.1) is 10.2 Å². The van der Waals surface area contributed by atoms with Gasteiger partial charge in [0.25, 0.3) is 0 Å². The third kappa shape index (κ3) is 4.20. The van der Waals surface area contributed by atoms with Crippen molar-refractivity contribution < 1.29 is 9.53 Å². The molecule has 0 saturated carbocycles. The second-order valence-corrected chi connectivity index (χ2v) is 7.94.